The smallest absolute Gasteiger partial charge is 0.242 e. The largest absolute Gasteiger partial charge is 0.357 e. The number of carbonyl (C=O) groups is 2. The zero-order valence-electron chi connectivity index (χ0n) is 18.2. The summed E-state index contributed by atoms with van der Waals surface area (Å²) in [6.07, 6.45) is 1.49. The summed E-state index contributed by atoms with van der Waals surface area (Å²) in [6, 6.07) is 13.0. The number of hydrogen-bond donors (Lipinski definition) is 1. The molecule has 0 bridgehead atoms. The Hall–Kier alpha value is -2.29. The van der Waals surface area contributed by atoms with Gasteiger partial charge in [0.1, 0.15) is 6.04 Å². The van der Waals surface area contributed by atoms with Crippen molar-refractivity contribution in [2.24, 2.45) is 0 Å². The highest BCUT2D eigenvalue weighted by atomic mass is 35.5. The van der Waals surface area contributed by atoms with E-state index in [2.05, 4.69) is 5.32 Å². The second-order valence-electron chi connectivity index (χ2n) is 7.33. The standard InChI is InChI=1S/C22H27Cl2N3O4S/c1-16(22(29)25-2)26(15-17-11-12-19(23)20(24)14-17)21(28)10-7-13-27(32(3,30)31)18-8-5-4-6-9-18/h4-6,8-9,11-12,14,16H,7,10,13,15H2,1-3H3,(H,25,29)/t16-/m0/s1. The first kappa shape index (κ1) is 26.0. The highest BCUT2D eigenvalue weighted by molar-refractivity contribution is 7.92. The molecule has 2 amide bonds. The fourth-order valence-corrected chi connectivity index (χ4v) is 4.51. The van der Waals surface area contributed by atoms with E-state index in [1.165, 1.54) is 16.3 Å². The second kappa shape index (κ2) is 11.5. The van der Waals surface area contributed by atoms with Crippen LogP contribution < -0.4 is 9.62 Å². The molecule has 0 aliphatic heterocycles. The topological polar surface area (TPSA) is 86.8 Å². The van der Waals surface area contributed by atoms with E-state index < -0.39 is 16.1 Å². The van der Waals surface area contributed by atoms with Crippen LogP contribution in [0.15, 0.2) is 48.5 Å². The lowest BCUT2D eigenvalue weighted by Crippen LogP contribution is -2.46. The monoisotopic (exact) mass is 499 g/mol. The number of nitrogens with one attached hydrogen (secondary N) is 1. The van der Waals surface area contributed by atoms with Gasteiger partial charge in [0.05, 0.1) is 22.0 Å². The van der Waals surface area contributed by atoms with Crippen molar-refractivity contribution in [3.05, 3.63) is 64.1 Å². The Labute approximate surface area is 199 Å². The van der Waals surface area contributed by atoms with Crippen LogP contribution in [0.25, 0.3) is 0 Å². The van der Waals surface area contributed by atoms with E-state index in [1.54, 1.807) is 55.5 Å². The fourth-order valence-electron chi connectivity index (χ4n) is 3.22. The zero-order chi connectivity index (χ0) is 23.9. The average Bonchev–Trinajstić information content (AvgIpc) is 2.75. The summed E-state index contributed by atoms with van der Waals surface area (Å²) < 4.78 is 25.7. The minimum Gasteiger partial charge on any atom is -0.357 e. The molecule has 2 rings (SSSR count). The van der Waals surface area contributed by atoms with Gasteiger partial charge in [-0.15, -0.1) is 0 Å². The van der Waals surface area contributed by atoms with Gasteiger partial charge in [-0.25, -0.2) is 8.42 Å². The Morgan fingerprint density at radius 3 is 2.28 bits per heavy atom. The molecule has 0 radical (unpaired) electrons. The van der Waals surface area contributed by atoms with Crippen LogP contribution in [0.5, 0.6) is 0 Å². The molecule has 0 aliphatic carbocycles. The number of likely N-dealkylation sites (N-methyl/N-ethyl adjacent to an activating group) is 1. The van der Waals surface area contributed by atoms with Crippen molar-refractivity contribution in [2.45, 2.75) is 32.4 Å². The molecule has 0 spiro atoms. The van der Waals surface area contributed by atoms with Crippen LogP contribution in [0.4, 0.5) is 5.69 Å². The van der Waals surface area contributed by atoms with Gasteiger partial charge in [-0.2, -0.15) is 0 Å². The first-order valence-corrected chi connectivity index (χ1v) is 12.6. The maximum Gasteiger partial charge on any atom is 0.242 e. The quantitative estimate of drug-likeness (QED) is 0.539. The maximum absolute atomic E-state index is 13.0. The molecule has 10 heteroatoms. The summed E-state index contributed by atoms with van der Waals surface area (Å²) in [6.45, 7) is 1.95. The van der Waals surface area contributed by atoms with Gasteiger partial charge in [0.25, 0.3) is 0 Å². The van der Waals surface area contributed by atoms with E-state index >= 15 is 0 Å². The van der Waals surface area contributed by atoms with Gasteiger partial charge in [0.2, 0.25) is 21.8 Å². The first-order chi connectivity index (χ1) is 15.0. The van der Waals surface area contributed by atoms with Crippen LogP contribution in [0.2, 0.25) is 10.0 Å². The second-order valence-corrected chi connectivity index (χ2v) is 10.1. The Balaban J connectivity index is 2.14. The summed E-state index contributed by atoms with van der Waals surface area (Å²) >= 11 is 12.1. The molecule has 2 aromatic rings. The molecule has 174 valence electrons. The minimum atomic E-state index is -3.51. The third kappa shape index (κ3) is 7.12. The highest BCUT2D eigenvalue weighted by Gasteiger charge is 2.26. The van der Waals surface area contributed by atoms with Crippen LogP contribution in [0, 0.1) is 0 Å². The lowest BCUT2D eigenvalue weighted by Gasteiger charge is -2.29. The van der Waals surface area contributed by atoms with Crippen molar-refractivity contribution >= 4 is 50.7 Å². The average molecular weight is 500 g/mol. The number of anilines is 1. The van der Waals surface area contributed by atoms with Crippen LogP contribution in [-0.4, -0.2) is 51.0 Å². The summed E-state index contributed by atoms with van der Waals surface area (Å²) in [5, 5.41) is 3.31. The SMILES string of the molecule is CNC(=O)[C@H](C)N(Cc1ccc(Cl)c(Cl)c1)C(=O)CCCN(c1ccccc1)S(C)(=O)=O. The molecular formula is C22H27Cl2N3O4S. The third-order valence-corrected chi connectivity index (χ3v) is 6.88. The van der Waals surface area contributed by atoms with Crippen LogP contribution >= 0.6 is 23.2 Å². The molecule has 0 aromatic heterocycles. The van der Waals surface area contributed by atoms with E-state index in [9.17, 15) is 18.0 Å². The zero-order valence-corrected chi connectivity index (χ0v) is 20.5. The van der Waals surface area contributed by atoms with E-state index in [0.717, 1.165) is 11.8 Å². The summed E-state index contributed by atoms with van der Waals surface area (Å²) in [4.78, 5) is 26.7. The van der Waals surface area contributed by atoms with Crippen LogP contribution in [0.3, 0.4) is 0 Å². The fraction of sp³-hybridized carbons (Fsp3) is 0.364. The number of rotatable bonds is 10. The number of nitrogens with zero attached hydrogens (tertiary/aromatic N) is 2. The van der Waals surface area contributed by atoms with Crippen molar-refractivity contribution < 1.29 is 18.0 Å². The Morgan fingerprint density at radius 1 is 1.06 bits per heavy atom. The molecule has 1 N–H and O–H groups in total. The van der Waals surface area contributed by atoms with E-state index in [1.807, 2.05) is 0 Å². The molecule has 0 heterocycles. The Bertz CT molecular complexity index is 1050. The van der Waals surface area contributed by atoms with Gasteiger partial charge in [0.15, 0.2) is 0 Å². The molecule has 2 aromatic carbocycles. The van der Waals surface area contributed by atoms with E-state index in [0.29, 0.717) is 22.2 Å². The highest BCUT2D eigenvalue weighted by Crippen LogP contribution is 2.24. The van der Waals surface area contributed by atoms with Gasteiger partial charge in [-0.1, -0.05) is 47.5 Å². The molecular weight excluding hydrogens is 473 g/mol. The molecule has 0 aliphatic rings. The molecule has 7 nitrogen and oxygen atoms in total. The predicted molar refractivity (Wildman–Crippen MR) is 128 cm³/mol. The molecule has 0 fully saturated rings. The first-order valence-electron chi connectivity index (χ1n) is 10.0. The van der Waals surface area contributed by atoms with Crippen molar-refractivity contribution in [1.29, 1.82) is 0 Å². The Kier molecular flexibility index (Phi) is 9.36. The van der Waals surface area contributed by atoms with Gasteiger partial charge in [0, 0.05) is 26.6 Å². The summed E-state index contributed by atoms with van der Waals surface area (Å²) in [5.74, 6) is -0.575. The number of benzene rings is 2. The molecule has 0 saturated heterocycles. The van der Waals surface area contributed by atoms with Crippen LogP contribution in [0.1, 0.15) is 25.3 Å². The molecule has 0 unspecified atom stereocenters. The third-order valence-electron chi connectivity index (χ3n) is 4.95. The number of hydrogen-bond acceptors (Lipinski definition) is 4. The Morgan fingerprint density at radius 2 is 1.72 bits per heavy atom. The van der Waals surface area contributed by atoms with Gasteiger partial charge in [-0.3, -0.25) is 13.9 Å². The number of halogens is 2. The predicted octanol–water partition coefficient (Wildman–Crippen LogP) is 3.70. The summed E-state index contributed by atoms with van der Waals surface area (Å²) in [7, 11) is -2.01. The molecule has 1 atom stereocenters. The lowest BCUT2D eigenvalue weighted by molar-refractivity contribution is -0.140. The van der Waals surface area contributed by atoms with Crippen molar-refractivity contribution in [2.75, 3.05) is 24.2 Å². The molecule has 32 heavy (non-hydrogen) atoms. The summed E-state index contributed by atoms with van der Waals surface area (Å²) in [5.41, 5.74) is 1.26. The van der Waals surface area contributed by atoms with Gasteiger partial charge < -0.3 is 10.2 Å². The van der Waals surface area contributed by atoms with Crippen molar-refractivity contribution in [3.8, 4) is 0 Å². The van der Waals surface area contributed by atoms with Crippen molar-refractivity contribution in [3.63, 3.8) is 0 Å². The molecule has 0 saturated carbocycles. The minimum absolute atomic E-state index is 0.0709. The normalized spacial score (nSPS) is 12.2. The van der Waals surface area contributed by atoms with E-state index in [-0.39, 0.29) is 31.3 Å². The van der Waals surface area contributed by atoms with Gasteiger partial charge >= 0.3 is 0 Å². The van der Waals surface area contributed by atoms with Crippen LogP contribution in [-0.2, 0) is 26.2 Å². The lowest BCUT2D eigenvalue weighted by atomic mass is 10.1. The van der Waals surface area contributed by atoms with Crippen molar-refractivity contribution in [1.82, 2.24) is 10.2 Å². The van der Waals surface area contributed by atoms with E-state index in [4.69, 9.17) is 23.2 Å². The number of sulfonamides is 1. The van der Waals surface area contributed by atoms with Gasteiger partial charge in [-0.05, 0) is 43.2 Å². The number of para-hydroxylation sites is 1. The number of amides is 2. The number of carbonyl (C=O) groups excluding carboxylic acids is 2. The maximum atomic E-state index is 13.0.